The molecule has 2 N–H and O–H groups in total. The zero-order valence-electron chi connectivity index (χ0n) is 13.6. The quantitative estimate of drug-likeness (QED) is 0.748. The molecular weight excluding hydrogens is 323 g/mol. The van der Waals surface area contributed by atoms with E-state index in [1.807, 2.05) is 36.5 Å². The van der Waals surface area contributed by atoms with Crippen LogP contribution in [0.2, 0.25) is 0 Å². The number of carbonyl (C=O) groups is 1. The third-order valence-corrected chi connectivity index (χ3v) is 3.52. The summed E-state index contributed by atoms with van der Waals surface area (Å²) in [6, 6.07) is 13.2. The molecule has 0 aliphatic carbocycles. The predicted octanol–water partition coefficient (Wildman–Crippen LogP) is 3.34. The van der Waals surface area contributed by atoms with Gasteiger partial charge in [0.25, 0.3) is 0 Å². The van der Waals surface area contributed by atoms with E-state index in [0.717, 1.165) is 11.3 Å². The zero-order chi connectivity index (χ0) is 17.6. The van der Waals surface area contributed by atoms with Gasteiger partial charge >= 0.3 is 6.03 Å². The van der Waals surface area contributed by atoms with E-state index in [4.69, 9.17) is 4.74 Å². The lowest BCUT2D eigenvalue weighted by Gasteiger charge is -2.10. The van der Waals surface area contributed by atoms with Crippen LogP contribution in [0.4, 0.5) is 14.9 Å². The van der Waals surface area contributed by atoms with Gasteiger partial charge in [0.05, 0.1) is 24.7 Å². The summed E-state index contributed by atoms with van der Waals surface area (Å²) in [5, 5.41) is 9.62. The van der Waals surface area contributed by atoms with Crippen molar-refractivity contribution in [3.8, 4) is 11.4 Å². The van der Waals surface area contributed by atoms with E-state index in [0.29, 0.717) is 12.2 Å². The molecule has 6 nitrogen and oxygen atoms in total. The van der Waals surface area contributed by atoms with Crippen LogP contribution >= 0.6 is 0 Å². The number of nitrogens with zero attached hydrogens (tertiary/aromatic N) is 2. The lowest BCUT2D eigenvalue weighted by molar-refractivity contribution is 0.251. The summed E-state index contributed by atoms with van der Waals surface area (Å²) < 4.78 is 19.9. The van der Waals surface area contributed by atoms with Crippen molar-refractivity contribution in [2.24, 2.45) is 0 Å². The lowest BCUT2D eigenvalue weighted by Crippen LogP contribution is -2.28. The first-order valence-corrected chi connectivity index (χ1v) is 7.63. The molecule has 2 amide bonds. The number of halogens is 1. The van der Waals surface area contributed by atoms with Crippen LogP contribution in [0.15, 0.2) is 60.9 Å². The highest BCUT2D eigenvalue weighted by Crippen LogP contribution is 2.24. The Labute approximate surface area is 144 Å². The molecule has 128 valence electrons. The predicted molar refractivity (Wildman–Crippen MR) is 92.4 cm³/mol. The number of ether oxygens (including phenoxy) is 1. The Balaban J connectivity index is 1.59. The lowest BCUT2D eigenvalue weighted by atomic mass is 10.3. The second-order valence-electron chi connectivity index (χ2n) is 5.28. The van der Waals surface area contributed by atoms with Gasteiger partial charge in [-0.1, -0.05) is 18.2 Å². The highest BCUT2D eigenvalue weighted by molar-refractivity contribution is 5.90. The smallest absolute Gasteiger partial charge is 0.319 e. The van der Waals surface area contributed by atoms with Crippen molar-refractivity contribution in [3.05, 3.63) is 72.3 Å². The Hall–Kier alpha value is -3.35. The highest BCUT2D eigenvalue weighted by atomic mass is 19.1. The van der Waals surface area contributed by atoms with Crippen molar-refractivity contribution >= 4 is 11.7 Å². The molecule has 25 heavy (non-hydrogen) atoms. The molecule has 2 aromatic carbocycles. The SMILES string of the molecule is COc1cc(F)ccc1NC(=O)NCc1cnn(-c2ccccc2)c1. The Bertz CT molecular complexity index is 865. The Morgan fingerprint density at radius 3 is 2.80 bits per heavy atom. The fraction of sp³-hybridized carbons (Fsp3) is 0.111. The van der Waals surface area contributed by atoms with Crippen molar-refractivity contribution < 1.29 is 13.9 Å². The molecule has 0 radical (unpaired) electrons. The number of nitrogens with one attached hydrogen (secondary N) is 2. The van der Waals surface area contributed by atoms with Crippen molar-refractivity contribution in [1.82, 2.24) is 15.1 Å². The molecule has 3 rings (SSSR count). The maximum absolute atomic E-state index is 13.2. The first-order chi connectivity index (χ1) is 12.2. The average Bonchev–Trinajstić information content (AvgIpc) is 3.11. The van der Waals surface area contributed by atoms with Gasteiger partial charge in [-0.3, -0.25) is 0 Å². The topological polar surface area (TPSA) is 68.2 Å². The van der Waals surface area contributed by atoms with E-state index in [1.54, 1.807) is 10.9 Å². The van der Waals surface area contributed by atoms with Gasteiger partial charge in [0.2, 0.25) is 0 Å². The summed E-state index contributed by atoms with van der Waals surface area (Å²) in [4.78, 5) is 12.0. The van der Waals surface area contributed by atoms with Gasteiger partial charge in [0, 0.05) is 24.4 Å². The first kappa shape index (κ1) is 16.5. The maximum atomic E-state index is 13.2. The number of anilines is 1. The summed E-state index contributed by atoms with van der Waals surface area (Å²) in [6.07, 6.45) is 3.53. The molecule has 0 saturated carbocycles. The molecule has 3 aromatic rings. The molecule has 0 unspecified atom stereocenters. The van der Waals surface area contributed by atoms with Gasteiger partial charge < -0.3 is 15.4 Å². The Morgan fingerprint density at radius 1 is 1.24 bits per heavy atom. The molecule has 0 saturated heterocycles. The van der Waals surface area contributed by atoms with Crippen LogP contribution in [0.25, 0.3) is 5.69 Å². The molecule has 0 atom stereocenters. The molecule has 7 heteroatoms. The van der Waals surface area contributed by atoms with Gasteiger partial charge in [0.1, 0.15) is 11.6 Å². The van der Waals surface area contributed by atoms with E-state index in [9.17, 15) is 9.18 Å². The number of methoxy groups -OCH3 is 1. The standard InChI is InChI=1S/C18H17FN4O2/c1-25-17-9-14(19)7-8-16(17)22-18(24)20-10-13-11-21-23(12-13)15-5-3-2-4-6-15/h2-9,11-12H,10H2,1H3,(H2,20,22,24). The number of amides is 2. The molecule has 1 heterocycles. The molecule has 0 spiro atoms. The van der Waals surface area contributed by atoms with Crippen LogP contribution in [0.1, 0.15) is 5.56 Å². The number of aromatic nitrogens is 2. The minimum absolute atomic E-state index is 0.257. The molecule has 0 aliphatic heterocycles. The molecule has 0 bridgehead atoms. The van der Waals surface area contributed by atoms with E-state index >= 15 is 0 Å². The van der Waals surface area contributed by atoms with Crippen LogP contribution in [0, 0.1) is 5.82 Å². The van der Waals surface area contributed by atoms with Gasteiger partial charge in [-0.15, -0.1) is 0 Å². The fourth-order valence-electron chi connectivity index (χ4n) is 2.29. The summed E-state index contributed by atoms with van der Waals surface area (Å²) in [5.74, 6) is -0.178. The number of para-hydroxylation sites is 1. The van der Waals surface area contributed by atoms with Gasteiger partial charge in [-0.05, 0) is 24.3 Å². The first-order valence-electron chi connectivity index (χ1n) is 7.63. The van der Waals surface area contributed by atoms with Crippen molar-refractivity contribution in [2.75, 3.05) is 12.4 Å². The number of carbonyl (C=O) groups excluding carboxylic acids is 1. The van der Waals surface area contributed by atoms with E-state index in [2.05, 4.69) is 15.7 Å². The largest absolute Gasteiger partial charge is 0.494 e. The van der Waals surface area contributed by atoms with Crippen LogP contribution in [-0.2, 0) is 6.54 Å². The van der Waals surface area contributed by atoms with Crippen LogP contribution in [-0.4, -0.2) is 22.9 Å². The van der Waals surface area contributed by atoms with Crippen molar-refractivity contribution in [2.45, 2.75) is 6.54 Å². The van der Waals surface area contributed by atoms with Gasteiger partial charge in [0.15, 0.2) is 0 Å². The minimum Gasteiger partial charge on any atom is -0.494 e. The minimum atomic E-state index is -0.434. The molecule has 1 aromatic heterocycles. The van der Waals surface area contributed by atoms with E-state index < -0.39 is 11.8 Å². The third kappa shape index (κ3) is 4.14. The summed E-state index contributed by atoms with van der Waals surface area (Å²) in [6.45, 7) is 0.308. The number of benzene rings is 2. The zero-order valence-corrected chi connectivity index (χ0v) is 13.6. The second-order valence-corrected chi connectivity index (χ2v) is 5.28. The van der Waals surface area contributed by atoms with E-state index in [1.165, 1.54) is 25.3 Å². The number of urea groups is 1. The van der Waals surface area contributed by atoms with Crippen molar-refractivity contribution in [1.29, 1.82) is 0 Å². The normalized spacial score (nSPS) is 10.3. The number of hydrogen-bond acceptors (Lipinski definition) is 3. The fourth-order valence-corrected chi connectivity index (χ4v) is 2.29. The molecule has 0 fully saturated rings. The van der Waals surface area contributed by atoms with E-state index in [-0.39, 0.29) is 5.75 Å². The molecular formula is C18H17FN4O2. The number of hydrogen-bond donors (Lipinski definition) is 2. The van der Waals surface area contributed by atoms with Crippen LogP contribution in [0.5, 0.6) is 5.75 Å². The second kappa shape index (κ2) is 7.48. The average molecular weight is 340 g/mol. The third-order valence-electron chi connectivity index (χ3n) is 3.52. The monoisotopic (exact) mass is 340 g/mol. The summed E-state index contributed by atoms with van der Waals surface area (Å²) in [7, 11) is 1.41. The number of rotatable bonds is 5. The Kier molecular flexibility index (Phi) is 4.94. The van der Waals surface area contributed by atoms with Gasteiger partial charge in [-0.25, -0.2) is 13.9 Å². The van der Waals surface area contributed by atoms with Crippen LogP contribution < -0.4 is 15.4 Å². The van der Waals surface area contributed by atoms with Crippen molar-refractivity contribution in [3.63, 3.8) is 0 Å². The molecule has 0 aliphatic rings. The van der Waals surface area contributed by atoms with Gasteiger partial charge in [-0.2, -0.15) is 5.10 Å². The Morgan fingerprint density at radius 2 is 2.04 bits per heavy atom. The summed E-state index contributed by atoms with van der Waals surface area (Å²) >= 11 is 0. The van der Waals surface area contributed by atoms with Crippen LogP contribution in [0.3, 0.4) is 0 Å². The highest BCUT2D eigenvalue weighted by Gasteiger charge is 2.09. The maximum Gasteiger partial charge on any atom is 0.319 e. The summed E-state index contributed by atoms with van der Waals surface area (Å²) in [5.41, 5.74) is 2.18.